The van der Waals surface area contributed by atoms with Gasteiger partial charge in [-0.2, -0.15) is 0 Å². The van der Waals surface area contributed by atoms with E-state index >= 15 is 0 Å². The molecule has 22 heavy (non-hydrogen) atoms. The second kappa shape index (κ2) is 6.94. The van der Waals surface area contributed by atoms with Gasteiger partial charge in [0.25, 0.3) is 5.91 Å². The lowest BCUT2D eigenvalue weighted by molar-refractivity contribution is 0.0949. The van der Waals surface area contributed by atoms with Gasteiger partial charge in [-0.1, -0.05) is 23.2 Å². The molecule has 0 aromatic carbocycles. The van der Waals surface area contributed by atoms with Crippen LogP contribution in [0.1, 0.15) is 21.6 Å². The van der Waals surface area contributed by atoms with E-state index < -0.39 is 0 Å². The van der Waals surface area contributed by atoms with Crippen LogP contribution in [0.15, 0.2) is 24.4 Å². The molecule has 1 N–H and O–H groups in total. The Kier molecular flexibility index (Phi) is 5.21. The van der Waals surface area contributed by atoms with Crippen molar-refractivity contribution in [3.63, 3.8) is 0 Å². The van der Waals surface area contributed by atoms with Crippen molar-refractivity contribution in [3.05, 3.63) is 51.5 Å². The van der Waals surface area contributed by atoms with Crippen LogP contribution in [0.25, 0.3) is 0 Å². The van der Waals surface area contributed by atoms with Crippen molar-refractivity contribution in [2.24, 2.45) is 0 Å². The maximum atomic E-state index is 12.3. The zero-order chi connectivity index (χ0) is 16.3. The molecule has 0 saturated carbocycles. The number of nitrogens with zero attached hydrogens (tertiary/aromatic N) is 3. The SMILES string of the molecule is Cc1c(C(=O)NCc2cc(N(C)C)ccn2)cc(Cl)nc1Cl. The molecule has 0 aliphatic heterocycles. The van der Waals surface area contributed by atoms with Crippen molar-refractivity contribution in [2.45, 2.75) is 13.5 Å². The minimum absolute atomic E-state index is 0.188. The highest BCUT2D eigenvalue weighted by molar-refractivity contribution is 6.33. The Morgan fingerprint density at radius 2 is 2.05 bits per heavy atom. The van der Waals surface area contributed by atoms with Gasteiger partial charge < -0.3 is 10.2 Å². The van der Waals surface area contributed by atoms with E-state index in [9.17, 15) is 4.79 Å². The molecule has 0 aliphatic carbocycles. The molecule has 0 radical (unpaired) electrons. The standard InChI is InChI=1S/C15H16Cl2N4O/c1-9-12(7-13(16)20-14(9)17)15(22)19-8-10-6-11(21(2)3)4-5-18-10/h4-7H,8H2,1-3H3,(H,19,22). The zero-order valence-corrected chi connectivity index (χ0v) is 14.0. The van der Waals surface area contributed by atoms with Gasteiger partial charge in [0.05, 0.1) is 12.2 Å². The summed E-state index contributed by atoms with van der Waals surface area (Å²) in [6.45, 7) is 2.04. The highest BCUT2D eigenvalue weighted by Crippen LogP contribution is 2.21. The minimum Gasteiger partial charge on any atom is -0.378 e. The van der Waals surface area contributed by atoms with Crippen molar-refractivity contribution < 1.29 is 4.79 Å². The average molecular weight is 339 g/mol. The Morgan fingerprint density at radius 3 is 2.73 bits per heavy atom. The van der Waals surface area contributed by atoms with Gasteiger partial charge in [-0.25, -0.2) is 4.98 Å². The summed E-state index contributed by atoms with van der Waals surface area (Å²) in [4.78, 5) is 22.4. The first-order valence-corrected chi connectivity index (χ1v) is 7.37. The quantitative estimate of drug-likeness (QED) is 0.870. The van der Waals surface area contributed by atoms with Crippen LogP contribution < -0.4 is 10.2 Å². The molecular formula is C15H16Cl2N4O. The second-order valence-corrected chi connectivity index (χ2v) is 5.74. The van der Waals surface area contributed by atoms with Gasteiger partial charge in [-0.15, -0.1) is 0 Å². The topological polar surface area (TPSA) is 58.1 Å². The van der Waals surface area contributed by atoms with Gasteiger partial charge in [-0.3, -0.25) is 9.78 Å². The zero-order valence-electron chi connectivity index (χ0n) is 12.5. The van der Waals surface area contributed by atoms with E-state index in [1.165, 1.54) is 6.07 Å². The minimum atomic E-state index is -0.263. The fraction of sp³-hybridized carbons (Fsp3) is 0.267. The number of hydrogen-bond acceptors (Lipinski definition) is 4. The van der Waals surface area contributed by atoms with Crippen LogP contribution >= 0.6 is 23.2 Å². The van der Waals surface area contributed by atoms with E-state index in [1.807, 2.05) is 31.1 Å². The van der Waals surface area contributed by atoms with Gasteiger partial charge in [-0.05, 0) is 30.7 Å². The normalized spacial score (nSPS) is 10.4. The number of amides is 1. The largest absolute Gasteiger partial charge is 0.378 e. The monoisotopic (exact) mass is 338 g/mol. The molecule has 0 fully saturated rings. The van der Waals surface area contributed by atoms with Gasteiger partial charge in [0.15, 0.2) is 0 Å². The number of anilines is 1. The predicted molar refractivity (Wildman–Crippen MR) is 88.7 cm³/mol. The van der Waals surface area contributed by atoms with E-state index in [0.29, 0.717) is 17.7 Å². The molecular weight excluding hydrogens is 323 g/mol. The van der Waals surface area contributed by atoms with E-state index in [2.05, 4.69) is 15.3 Å². The number of halogens is 2. The Balaban J connectivity index is 2.12. The number of nitrogens with one attached hydrogen (secondary N) is 1. The molecule has 2 heterocycles. The summed E-state index contributed by atoms with van der Waals surface area (Å²) < 4.78 is 0. The predicted octanol–water partition coefficient (Wildman–Crippen LogP) is 3.09. The van der Waals surface area contributed by atoms with Crippen LogP contribution in [0, 0.1) is 6.92 Å². The maximum absolute atomic E-state index is 12.3. The Labute approximate surface area is 139 Å². The molecule has 1 amide bonds. The smallest absolute Gasteiger partial charge is 0.252 e. The summed E-state index contributed by atoms with van der Waals surface area (Å²) in [7, 11) is 3.89. The Bertz CT molecular complexity index is 704. The summed E-state index contributed by atoms with van der Waals surface area (Å²) in [6.07, 6.45) is 1.71. The van der Waals surface area contributed by atoms with Crippen LogP contribution in [0.2, 0.25) is 10.3 Å². The first kappa shape index (κ1) is 16.5. The summed E-state index contributed by atoms with van der Waals surface area (Å²) in [5, 5.41) is 3.23. The third-order valence-corrected chi connectivity index (χ3v) is 3.73. The third kappa shape index (κ3) is 3.87. The third-order valence-electron chi connectivity index (χ3n) is 3.17. The van der Waals surface area contributed by atoms with Crippen LogP contribution in [0.5, 0.6) is 0 Å². The lowest BCUT2D eigenvalue weighted by Crippen LogP contribution is -2.24. The fourth-order valence-electron chi connectivity index (χ4n) is 1.89. The molecule has 0 saturated heterocycles. The fourth-order valence-corrected chi connectivity index (χ4v) is 2.32. The van der Waals surface area contributed by atoms with Crippen molar-refractivity contribution >= 4 is 34.8 Å². The van der Waals surface area contributed by atoms with Crippen LogP contribution in [-0.2, 0) is 6.54 Å². The van der Waals surface area contributed by atoms with Crippen molar-refractivity contribution in [3.8, 4) is 0 Å². The molecule has 0 bridgehead atoms. The van der Waals surface area contributed by atoms with E-state index in [4.69, 9.17) is 23.2 Å². The average Bonchev–Trinajstić information content (AvgIpc) is 2.48. The van der Waals surface area contributed by atoms with Crippen LogP contribution in [0.3, 0.4) is 0 Å². The molecule has 0 atom stereocenters. The summed E-state index contributed by atoms with van der Waals surface area (Å²) in [5.74, 6) is -0.263. The molecule has 5 nitrogen and oxygen atoms in total. The molecule has 2 rings (SSSR count). The Hall–Kier alpha value is -1.85. The lowest BCUT2D eigenvalue weighted by atomic mass is 10.1. The first-order chi connectivity index (χ1) is 10.4. The first-order valence-electron chi connectivity index (χ1n) is 6.61. The maximum Gasteiger partial charge on any atom is 0.252 e. The lowest BCUT2D eigenvalue weighted by Gasteiger charge is -2.13. The number of carbonyl (C=O) groups excluding carboxylic acids is 1. The van der Waals surface area contributed by atoms with Gasteiger partial charge in [0.2, 0.25) is 0 Å². The number of hydrogen-bond donors (Lipinski definition) is 1. The van der Waals surface area contributed by atoms with Gasteiger partial charge in [0.1, 0.15) is 10.3 Å². The van der Waals surface area contributed by atoms with Crippen molar-refractivity contribution in [2.75, 3.05) is 19.0 Å². The van der Waals surface area contributed by atoms with Crippen molar-refractivity contribution in [1.82, 2.24) is 15.3 Å². The van der Waals surface area contributed by atoms with Crippen LogP contribution in [0.4, 0.5) is 5.69 Å². The molecule has 2 aromatic rings. The molecule has 0 aliphatic rings. The Morgan fingerprint density at radius 1 is 1.32 bits per heavy atom. The molecule has 0 unspecified atom stereocenters. The molecule has 2 aromatic heterocycles. The summed E-state index contributed by atoms with van der Waals surface area (Å²) >= 11 is 11.8. The second-order valence-electron chi connectivity index (χ2n) is 4.99. The van der Waals surface area contributed by atoms with E-state index in [-0.39, 0.29) is 16.2 Å². The van der Waals surface area contributed by atoms with E-state index in [1.54, 1.807) is 13.1 Å². The van der Waals surface area contributed by atoms with Crippen molar-refractivity contribution in [1.29, 1.82) is 0 Å². The molecule has 116 valence electrons. The number of pyridine rings is 2. The molecule has 7 heteroatoms. The summed E-state index contributed by atoms with van der Waals surface area (Å²) in [6, 6.07) is 5.32. The number of carbonyl (C=O) groups is 1. The highest BCUT2D eigenvalue weighted by Gasteiger charge is 2.14. The summed E-state index contributed by atoms with van der Waals surface area (Å²) in [5.41, 5.74) is 2.79. The van der Waals surface area contributed by atoms with Gasteiger partial charge >= 0.3 is 0 Å². The number of aromatic nitrogens is 2. The molecule has 0 spiro atoms. The van der Waals surface area contributed by atoms with E-state index in [0.717, 1.165) is 11.4 Å². The van der Waals surface area contributed by atoms with Crippen LogP contribution in [-0.4, -0.2) is 30.0 Å². The highest BCUT2D eigenvalue weighted by atomic mass is 35.5. The van der Waals surface area contributed by atoms with Gasteiger partial charge in [0, 0.05) is 31.5 Å². The number of rotatable bonds is 4.